The first-order valence-electron chi connectivity index (χ1n) is 8.04. The van der Waals surface area contributed by atoms with Gasteiger partial charge in [-0.3, -0.25) is 4.79 Å². The summed E-state index contributed by atoms with van der Waals surface area (Å²) < 4.78 is 25.2. The number of carbonyl (C=O) groups excluding carboxylic acids is 1. The fourth-order valence-corrected chi connectivity index (χ4v) is 2.78. The van der Waals surface area contributed by atoms with Crippen molar-refractivity contribution in [2.75, 3.05) is 6.61 Å². The van der Waals surface area contributed by atoms with Gasteiger partial charge < -0.3 is 14.1 Å². The molecule has 2 aromatic carbocycles. The third-order valence-electron chi connectivity index (χ3n) is 3.74. The van der Waals surface area contributed by atoms with Crippen molar-refractivity contribution >= 4 is 21.8 Å². The summed E-state index contributed by atoms with van der Waals surface area (Å²) in [6.07, 6.45) is 1.56. The average molecular weight is 418 g/mol. The summed E-state index contributed by atoms with van der Waals surface area (Å²) in [7, 11) is 0. The van der Waals surface area contributed by atoms with Gasteiger partial charge in [0, 0.05) is 11.0 Å². The van der Waals surface area contributed by atoms with Gasteiger partial charge in [0.25, 0.3) is 5.91 Å². The molecule has 1 aromatic heterocycles. The number of nitrogens with zero attached hydrogens (tertiary/aromatic N) is 1. The molecule has 0 saturated heterocycles. The summed E-state index contributed by atoms with van der Waals surface area (Å²) in [6.45, 7) is 0.464. The van der Waals surface area contributed by atoms with Crippen LogP contribution in [0.15, 0.2) is 75.8 Å². The molecule has 0 saturated carbocycles. The Balaban J connectivity index is 1.69. The summed E-state index contributed by atoms with van der Waals surface area (Å²) in [5.74, 6) is -0.0660. The number of halogens is 2. The van der Waals surface area contributed by atoms with Crippen molar-refractivity contribution in [1.82, 2.24) is 4.90 Å². The van der Waals surface area contributed by atoms with Crippen molar-refractivity contribution in [3.8, 4) is 5.75 Å². The second-order valence-electron chi connectivity index (χ2n) is 5.68. The molecule has 0 aliphatic rings. The first kappa shape index (κ1) is 18.2. The van der Waals surface area contributed by atoms with E-state index >= 15 is 0 Å². The van der Waals surface area contributed by atoms with Crippen LogP contribution in [0.4, 0.5) is 4.39 Å². The van der Waals surface area contributed by atoms with Gasteiger partial charge in [-0.05, 0) is 35.9 Å². The van der Waals surface area contributed by atoms with E-state index in [4.69, 9.17) is 9.15 Å². The molecule has 0 N–H and O–H groups in total. The number of amides is 1. The Labute approximate surface area is 159 Å². The number of hydrogen-bond acceptors (Lipinski definition) is 3. The Bertz CT molecular complexity index is 853. The average Bonchev–Trinajstić information content (AvgIpc) is 3.14. The van der Waals surface area contributed by atoms with E-state index in [0.29, 0.717) is 23.3 Å². The second kappa shape index (κ2) is 8.67. The molecule has 134 valence electrons. The highest BCUT2D eigenvalue weighted by Crippen LogP contribution is 2.21. The Morgan fingerprint density at radius 1 is 1.08 bits per heavy atom. The topological polar surface area (TPSA) is 42.7 Å². The minimum absolute atomic E-state index is 0.0409. The van der Waals surface area contributed by atoms with Crippen molar-refractivity contribution in [1.29, 1.82) is 0 Å². The van der Waals surface area contributed by atoms with Crippen LogP contribution < -0.4 is 4.74 Å². The summed E-state index contributed by atoms with van der Waals surface area (Å²) in [5.41, 5.74) is 0.988. The highest BCUT2D eigenvalue weighted by Gasteiger charge is 2.17. The lowest BCUT2D eigenvalue weighted by Crippen LogP contribution is -2.34. The molecule has 26 heavy (non-hydrogen) atoms. The number of furan rings is 1. The molecule has 0 unspecified atom stereocenters. The molecule has 1 heterocycles. The Morgan fingerprint density at radius 2 is 1.88 bits per heavy atom. The normalized spacial score (nSPS) is 10.5. The Kier molecular flexibility index (Phi) is 6.07. The summed E-state index contributed by atoms with van der Waals surface area (Å²) in [6, 6.07) is 17.7. The molecule has 0 fully saturated rings. The smallest absolute Gasteiger partial charge is 0.261 e. The van der Waals surface area contributed by atoms with Gasteiger partial charge in [0.15, 0.2) is 18.2 Å². The molecule has 0 spiro atoms. The molecule has 0 atom stereocenters. The fraction of sp³-hybridized carbons (Fsp3) is 0.150. The maximum atomic E-state index is 13.9. The molecule has 1 amide bonds. The molecular weight excluding hydrogens is 401 g/mol. The molecule has 3 rings (SSSR count). The fourth-order valence-electron chi connectivity index (χ4n) is 2.45. The van der Waals surface area contributed by atoms with Crippen LogP contribution in [0.5, 0.6) is 5.75 Å². The van der Waals surface area contributed by atoms with E-state index in [0.717, 1.165) is 5.56 Å². The number of carbonyl (C=O) groups is 1. The van der Waals surface area contributed by atoms with Gasteiger partial charge in [-0.15, -0.1) is 0 Å². The summed E-state index contributed by atoms with van der Waals surface area (Å²) in [5, 5.41) is 0. The maximum Gasteiger partial charge on any atom is 0.261 e. The molecule has 4 nitrogen and oxygen atoms in total. The highest BCUT2D eigenvalue weighted by atomic mass is 79.9. The van der Waals surface area contributed by atoms with E-state index in [1.54, 1.807) is 29.4 Å². The molecule has 6 heteroatoms. The van der Waals surface area contributed by atoms with E-state index in [-0.39, 0.29) is 18.3 Å². The van der Waals surface area contributed by atoms with Crippen LogP contribution in [0.3, 0.4) is 0 Å². The summed E-state index contributed by atoms with van der Waals surface area (Å²) in [4.78, 5) is 14.3. The zero-order valence-electron chi connectivity index (χ0n) is 13.9. The van der Waals surface area contributed by atoms with Crippen LogP contribution in [0, 0.1) is 5.82 Å². The minimum atomic E-state index is -0.521. The van der Waals surface area contributed by atoms with Crippen molar-refractivity contribution in [2.45, 2.75) is 13.1 Å². The Hall–Kier alpha value is -2.60. The molecule has 0 radical (unpaired) electrons. The molecule has 0 aliphatic carbocycles. The molecule has 0 aliphatic heterocycles. The lowest BCUT2D eigenvalue weighted by atomic mass is 10.2. The largest absolute Gasteiger partial charge is 0.481 e. The molecule has 3 aromatic rings. The minimum Gasteiger partial charge on any atom is -0.481 e. The lowest BCUT2D eigenvalue weighted by molar-refractivity contribution is -0.135. The first-order valence-corrected chi connectivity index (χ1v) is 8.83. The predicted molar refractivity (Wildman–Crippen MR) is 99.0 cm³/mol. The van der Waals surface area contributed by atoms with Crippen LogP contribution in [-0.2, 0) is 17.9 Å². The second-order valence-corrected chi connectivity index (χ2v) is 6.59. The maximum absolute atomic E-state index is 13.9. The highest BCUT2D eigenvalue weighted by molar-refractivity contribution is 9.10. The molecule has 0 bridgehead atoms. The lowest BCUT2D eigenvalue weighted by Gasteiger charge is -2.22. The van der Waals surface area contributed by atoms with Gasteiger partial charge in [-0.1, -0.05) is 46.3 Å². The van der Waals surface area contributed by atoms with Gasteiger partial charge >= 0.3 is 0 Å². The van der Waals surface area contributed by atoms with Gasteiger partial charge in [0.2, 0.25) is 0 Å². The SMILES string of the molecule is O=C(COc1ccc(Br)cc1F)N(Cc1ccccc1)Cc1ccco1. The van der Waals surface area contributed by atoms with E-state index in [1.807, 2.05) is 30.3 Å². The van der Waals surface area contributed by atoms with E-state index in [2.05, 4.69) is 15.9 Å². The first-order chi connectivity index (χ1) is 12.6. The van der Waals surface area contributed by atoms with Gasteiger partial charge in [0.05, 0.1) is 12.8 Å². The standard InChI is InChI=1S/C20H17BrFNO3/c21-16-8-9-19(18(22)11-16)26-14-20(24)23(13-17-7-4-10-25-17)12-15-5-2-1-3-6-15/h1-11H,12-14H2. The molecular formula is C20H17BrFNO3. The summed E-state index contributed by atoms with van der Waals surface area (Å²) >= 11 is 3.19. The van der Waals surface area contributed by atoms with Crippen molar-refractivity contribution in [3.63, 3.8) is 0 Å². The zero-order valence-corrected chi connectivity index (χ0v) is 15.5. The number of benzene rings is 2. The quantitative estimate of drug-likeness (QED) is 0.554. The number of rotatable bonds is 7. The van der Waals surface area contributed by atoms with Gasteiger partial charge in [-0.2, -0.15) is 0 Å². The Morgan fingerprint density at radius 3 is 2.58 bits per heavy atom. The number of hydrogen-bond donors (Lipinski definition) is 0. The number of ether oxygens (including phenoxy) is 1. The monoisotopic (exact) mass is 417 g/mol. The van der Waals surface area contributed by atoms with Crippen LogP contribution >= 0.6 is 15.9 Å². The van der Waals surface area contributed by atoms with Crippen LogP contribution in [-0.4, -0.2) is 17.4 Å². The van der Waals surface area contributed by atoms with Crippen molar-refractivity contribution in [2.24, 2.45) is 0 Å². The van der Waals surface area contributed by atoms with E-state index in [1.165, 1.54) is 12.1 Å². The van der Waals surface area contributed by atoms with Crippen molar-refractivity contribution in [3.05, 3.63) is 88.5 Å². The van der Waals surface area contributed by atoms with Gasteiger partial charge in [0.1, 0.15) is 5.76 Å². The van der Waals surface area contributed by atoms with Crippen LogP contribution in [0.1, 0.15) is 11.3 Å². The van der Waals surface area contributed by atoms with E-state index < -0.39 is 5.82 Å². The van der Waals surface area contributed by atoms with Gasteiger partial charge in [-0.25, -0.2) is 4.39 Å². The zero-order chi connectivity index (χ0) is 18.4. The van der Waals surface area contributed by atoms with E-state index in [9.17, 15) is 9.18 Å². The van der Waals surface area contributed by atoms with Crippen LogP contribution in [0.2, 0.25) is 0 Å². The van der Waals surface area contributed by atoms with Crippen LogP contribution in [0.25, 0.3) is 0 Å². The predicted octanol–water partition coefficient (Wildman–Crippen LogP) is 4.79. The van der Waals surface area contributed by atoms with Crippen molar-refractivity contribution < 1.29 is 18.3 Å². The third-order valence-corrected chi connectivity index (χ3v) is 4.23. The third kappa shape index (κ3) is 4.95.